The molecule has 0 radical (unpaired) electrons. The van der Waals surface area contributed by atoms with Crippen molar-refractivity contribution in [1.29, 1.82) is 0 Å². The molecule has 132 valence electrons. The summed E-state index contributed by atoms with van der Waals surface area (Å²) in [5, 5.41) is 0.727. The maximum atomic E-state index is 13.1. The van der Waals surface area contributed by atoms with Gasteiger partial charge in [0, 0.05) is 23.3 Å². The summed E-state index contributed by atoms with van der Waals surface area (Å²) >= 11 is 0. The maximum absolute atomic E-state index is 13.1. The minimum Gasteiger partial charge on any atom is -0.465 e. The smallest absolute Gasteiger partial charge is 0.337 e. The largest absolute Gasteiger partial charge is 0.465 e. The molecular weight excluding hydrogens is 342 g/mol. The number of hydrogen-bond acceptors (Lipinski definition) is 5. The SMILES string of the molecule is COC(=O)c1ccc2c(c1)cc(C(=O)c1ccccc1)n2-c1ncccn1. The Labute approximate surface area is 155 Å². The third-order valence-electron chi connectivity index (χ3n) is 4.24. The zero-order valence-corrected chi connectivity index (χ0v) is 14.5. The third-order valence-corrected chi connectivity index (χ3v) is 4.24. The van der Waals surface area contributed by atoms with Gasteiger partial charge in [0.2, 0.25) is 11.7 Å². The van der Waals surface area contributed by atoms with Crippen LogP contribution in [0.1, 0.15) is 26.4 Å². The molecule has 0 unspecified atom stereocenters. The molecule has 4 aromatic rings. The summed E-state index contributed by atoms with van der Waals surface area (Å²) < 4.78 is 6.49. The first-order valence-electron chi connectivity index (χ1n) is 8.30. The van der Waals surface area contributed by atoms with Gasteiger partial charge in [0.05, 0.1) is 23.9 Å². The van der Waals surface area contributed by atoms with Crippen LogP contribution >= 0.6 is 0 Å². The predicted octanol–water partition coefficient (Wildman–Crippen LogP) is 3.44. The molecule has 0 fully saturated rings. The summed E-state index contributed by atoms with van der Waals surface area (Å²) in [7, 11) is 1.33. The molecule has 0 saturated heterocycles. The van der Waals surface area contributed by atoms with Gasteiger partial charge < -0.3 is 4.74 Å². The van der Waals surface area contributed by atoms with E-state index < -0.39 is 5.97 Å². The highest BCUT2D eigenvalue weighted by Crippen LogP contribution is 2.26. The number of aromatic nitrogens is 3. The molecule has 0 atom stereocenters. The molecule has 6 nitrogen and oxygen atoms in total. The van der Waals surface area contributed by atoms with E-state index in [2.05, 4.69) is 9.97 Å². The Morgan fingerprint density at radius 2 is 1.63 bits per heavy atom. The standard InChI is InChI=1S/C21H15N3O3/c1-27-20(26)15-8-9-17-16(12-15)13-18(19(25)14-6-3-2-4-7-14)24(17)21-22-10-5-11-23-21/h2-13H,1H3. The molecule has 4 rings (SSSR count). The van der Waals surface area contributed by atoms with Gasteiger partial charge in [-0.1, -0.05) is 30.3 Å². The first kappa shape index (κ1) is 16.7. The van der Waals surface area contributed by atoms with Crippen molar-refractivity contribution in [3.05, 3.63) is 89.9 Å². The molecule has 0 aliphatic carbocycles. The second kappa shape index (κ2) is 6.84. The first-order valence-corrected chi connectivity index (χ1v) is 8.30. The average Bonchev–Trinajstić information content (AvgIpc) is 3.12. The number of ketones is 1. The number of benzene rings is 2. The van der Waals surface area contributed by atoms with Gasteiger partial charge in [-0.2, -0.15) is 0 Å². The molecule has 2 aromatic carbocycles. The Kier molecular flexibility index (Phi) is 4.22. The molecule has 27 heavy (non-hydrogen) atoms. The van der Waals surface area contributed by atoms with E-state index in [1.54, 1.807) is 59.4 Å². The topological polar surface area (TPSA) is 74.1 Å². The fourth-order valence-corrected chi connectivity index (χ4v) is 2.99. The molecule has 0 bridgehead atoms. The van der Waals surface area contributed by atoms with Crippen LogP contribution in [0.2, 0.25) is 0 Å². The van der Waals surface area contributed by atoms with E-state index in [1.165, 1.54) is 7.11 Å². The summed E-state index contributed by atoms with van der Waals surface area (Å²) in [6, 6.07) is 17.6. The molecule has 2 heterocycles. The molecule has 0 saturated carbocycles. The molecular formula is C21H15N3O3. The number of ether oxygens (including phenoxy) is 1. The number of methoxy groups -OCH3 is 1. The third kappa shape index (κ3) is 2.97. The number of nitrogens with zero attached hydrogens (tertiary/aromatic N) is 3. The van der Waals surface area contributed by atoms with E-state index >= 15 is 0 Å². The van der Waals surface area contributed by atoms with Crippen LogP contribution in [0.4, 0.5) is 0 Å². The molecule has 2 aromatic heterocycles. The van der Waals surface area contributed by atoms with Gasteiger partial charge in [-0.25, -0.2) is 14.8 Å². The highest BCUT2D eigenvalue weighted by atomic mass is 16.5. The van der Waals surface area contributed by atoms with Crippen molar-refractivity contribution in [3.63, 3.8) is 0 Å². The fourth-order valence-electron chi connectivity index (χ4n) is 2.99. The molecule has 6 heteroatoms. The second-order valence-corrected chi connectivity index (χ2v) is 5.87. The summed E-state index contributed by atoms with van der Waals surface area (Å²) in [5.74, 6) is -0.201. The number of carbonyl (C=O) groups is 2. The van der Waals surface area contributed by atoms with E-state index in [1.807, 2.05) is 18.2 Å². The van der Waals surface area contributed by atoms with Crippen LogP contribution in [0.25, 0.3) is 16.9 Å². The lowest BCUT2D eigenvalue weighted by molar-refractivity contribution is 0.0601. The van der Waals surface area contributed by atoms with Gasteiger partial charge in [-0.05, 0) is 30.3 Å². The lowest BCUT2D eigenvalue weighted by Gasteiger charge is -2.08. The van der Waals surface area contributed by atoms with E-state index in [9.17, 15) is 9.59 Å². The van der Waals surface area contributed by atoms with Crippen molar-refractivity contribution in [2.24, 2.45) is 0 Å². The van der Waals surface area contributed by atoms with Gasteiger partial charge in [0.15, 0.2) is 0 Å². The first-order chi connectivity index (χ1) is 13.2. The summed E-state index contributed by atoms with van der Waals surface area (Å²) in [4.78, 5) is 33.6. The highest BCUT2D eigenvalue weighted by Gasteiger charge is 2.20. The van der Waals surface area contributed by atoms with Crippen LogP contribution in [-0.4, -0.2) is 33.4 Å². The monoisotopic (exact) mass is 357 g/mol. The average molecular weight is 357 g/mol. The number of fused-ring (bicyclic) bond motifs is 1. The highest BCUT2D eigenvalue weighted by molar-refractivity contribution is 6.11. The van der Waals surface area contributed by atoms with Gasteiger partial charge >= 0.3 is 5.97 Å². The van der Waals surface area contributed by atoms with Crippen LogP contribution in [0.15, 0.2) is 73.1 Å². The maximum Gasteiger partial charge on any atom is 0.337 e. The summed E-state index contributed by atoms with van der Waals surface area (Å²) in [6.07, 6.45) is 3.24. The minimum atomic E-state index is -0.434. The van der Waals surface area contributed by atoms with Gasteiger partial charge in [0.25, 0.3) is 0 Å². The molecule has 0 spiro atoms. The summed E-state index contributed by atoms with van der Waals surface area (Å²) in [5.41, 5.74) is 2.12. The predicted molar refractivity (Wildman–Crippen MR) is 100 cm³/mol. The number of rotatable bonds is 4. The van der Waals surface area contributed by atoms with Crippen molar-refractivity contribution >= 4 is 22.7 Å². The van der Waals surface area contributed by atoms with Crippen LogP contribution in [-0.2, 0) is 4.74 Å². The van der Waals surface area contributed by atoms with Crippen molar-refractivity contribution in [1.82, 2.24) is 14.5 Å². The van der Waals surface area contributed by atoms with Crippen molar-refractivity contribution in [3.8, 4) is 5.95 Å². The van der Waals surface area contributed by atoms with Crippen LogP contribution in [0.5, 0.6) is 0 Å². The summed E-state index contributed by atoms with van der Waals surface area (Å²) in [6.45, 7) is 0. The van der Waals surface area contributed by atoms with Crippen LogP contribution < -0.4 is 0 Å². The van der Waals surface area contributed by atoms with Crippen LogP contribution in [0, 0.1) is 0 Å². The quantitative estimate of drug-likeness (QED) is 0.413. The lowest BCUT2D eigenvalue weighted by atomic mass is 10.1. The Morgan fingerprint density at radius 3 is 2.33 bits per heavy atom. The van der Waals surface area contributed by atoms with Crippen molar-refractivity contribution in [2.45, 2.75) is 0 Å². The number of hydrogen-bond donors (Lipinski definition) is 0. The van der Waals surface area contributed by atoms with Gasteiger partial charge in [0.1, 0.15) is 0 Å². The Hall–Kier alpha value is -3.80. The number of carbonyl (C=O) groups excluding carboxylic acids is 2. The van der Waals surface area contributed by atoms with Gasteiger partial charge in [-0.3, -0.25) is 9.36 Å². The molecule has 0 aliphatic heterocycles. The molecule has 0 N–H and O–H groups in total. The lowest BCUT2D eigenvalue weighted by Crippen LogP contribution is -2.11. The van der Waals surface area contributed by atoms with E-state index in [0.29, 0.717) is 22.8 Å². The zero-order chi connectivity index (χ0) is 18.8. The van der Waals surface area contributed by atoms with E-state index in [0.717, 1.165) is 10.9 Å². The molecule has 0 aliphatic rings. The zero-order valence-electron chi connectivity index (χ0n) is 14.5. The Morgan fingerprint density at radius 1 is 0.889 bits per heavy atom. The van der Waals surface area contributed by atoms with Crippen LogP contribution in [0.3, 0.4) is 0 Å². The number of esters is 1. The normalized spacial score (nSPS) is 10.7. The van der Waals surface area contributed by atoms with Gasteiger partial charge in [-0.15, -0.1) is 0 Å². The van der Waals surface area contributed by atoms with Crippen molar-refractivity contribution in [2.75, 3.05) is 7.11 Å². The Balaban J connectivity index is 1.96. The van der Waals surface area contributed by atoms with Crippen molar-refractivity contribution < 1.29 is 14.3 Å². The molecule has 0 amide bonds. The fraction of sp³-hybridized carbons (Fsp3) is 0.0476. The Bertz CT molecular complexity index is 1140. The minimum absolute atomic E-state index is 0.154. The van der Waals surface area contributed by atoms with E-state index in [4.69, 9.17) is 4.74 Å². The van der Waals surface area contributed by atoms with E-state index in [-0.39, 0.29) is 5.78 Å². The second-order valence-electron chi connectivity index (χ2n) is 5.87.